The summed E-state index contributed by atoms with van der Waals surface area (Å²) in [7, 11) is 0. The van der Waals surface area contributed by atoms with Gasteiger partial charge in [0.25, 0.3) is 0 Å². The van der Waals surface area contributed by atoms with Crippen LogP contribution in [0.2, 0.25) is 0 Å². The first-order chi connectivity index (χ1) is 9.63. The molecule has 0 saturated carbocycles. The van der Waals surface area contributed by atoms with Crippen LogP contribution in [0.5, 0.6) is 5.75 Å². The number of esters is 1. The van der Waals surface area contributed by atoms with Gasteiger partial charge in [0.1, 0.15) is 5.75 Å². The van der Waals surface area contributed by atoms with E-state index in [-0.39, 0.29) is 12.1 Å². The van der Waals surface area contributed by atoms with Crippen molar-refractivity contribution in [2.45, 2.75) is 63.6 Å². The second kappa shape index (κ2) is 5.21. The zero-order chi connectivity index (χ0) is 14.2. The summed E-state index contributed by atoms with van der Waals surface area (Å²) in [6, 6.07) is 7.86. The van der Waals surface area contributed by atoms with E-state index in [4.69, 9.17) is 9.47 Å². The molecular formula is C17H22O3. The summed E-state index contributed by atoms with van der Waals surface area (Å²) in [6.45, 7) is 4.34. The molecule has 2 heterocycles. The monoisotopic (exact) mass is 274 g/mol. The Morgan fingerprint density at radius 2 is 2.20 bits per heavy atom. The van der Waals surface area contributed by atoms with Crippen LogP contribution in [-0.2, 0) is 9.53 Å². The molecule has 0 amide bonds. The number of ether oxygens (including phenoxy) is 2. The number of hydrogen-bond donors (Lipinski definition) is 0. The lowest BCUT2D eigenvalue weighted by molar-refractivity contribution is -0.154. The molecule has 0 spiro atoms. The average Bonchev–Trinajstić information content (AvgIpc) is 3.09. The second-order valence-electron chi connectivity index (χ2n) is 6.08. The molecule has 2 saturated heterocycles. The standard InChI is InChI=1S/C17H22O3/c1-3-12(2)13-5-4-6-15(11-13)19-16(18)17-9-7-14(20-17)8-10-17/h4-6,11-12,14H,3,7-10H2,1-2H3. The smallest absolute Gasteiger partial charge is 0.343 e. The predicted molar refractivity (Wildman–Crippen MR) is 76.9 cm³/mol. The van der Waals surface area contributed by atoms with Gasteiger partial charge in [-0.2, -0.15) is 0 Å². The minimum absolute atomic E-state index is 0.209. The predicted octanol–water partition coefficient (Wildman–Crippen LogP) is 3.82. The first-order valence-corrected chi connectivity index (χ1v) is 7.63. The van der Waals surface area contributed by atoms with Crippen LogP contribution in [0.4, 0.5) is 0 Å². The van der Waals surface area contributed by atoms with Crippen molar-refractivity contribution < 1.29 is 14.3 Å². The number of fused-ring (bicyclic) bond motifs is 2. The first-order valence-electron chi connectivity index (χ1n) is 7.63. The maximum atomic E-state index is 12.4. The average molecular weight is 274 g/mol. The van der Waals surface area contributed by atoms with Gasteiger partial charge in [-0.25, -0.2) is 4.79 Å². The molecule has 108 valence electrons. The Bertz CT molecular complexity index is 501. The molecule has 2 fully saturated rings. The van der Waals surface area contributed by atoms with Gasteiger partial charge in [-0.05, 0) is 55.7 Å². The normalized spacial score (nSPS) is 29.4. The Hall–Kier alpha value is -1.35. The van der Waals surface area contributed by atoms with Crippen molar-refractivity contribution in [1.29, 1.82) is 0 Å². The summed E-state index contributed by atoms with van der Waals surface area (Å²) < 4.78 is 11.4. The summed E-state index contributed by atoms with van der Waals surface area (Å²) in [5, 5.41) is 0. The topological polar surface area (TPSA) is 35.5 Å². The number of hydrogen-bond acceptors (Lipinski definition) is 3. The summed E-state index contributed by atoms with van der Waals surface area (Å²) in [4.78, 5) is 12.4. The fourth-order valence-corrected chi connectivity index (χ4v) is 3.18. The Balaban J connectivity index is 1.73. The Morgan fingerprint density at radius 1 is 1.45 bits per heavy atom. The van der Waals surface area contributed by atoms with Gasteiger partial charge in [0.15, 0.2) is 5.60 Å². The molecule has 0 aromatic heterocycles. The Labute approximate surface area is 120 Å². The lowest BCUT2D eigenvalue weighted by Crippen LogP contribution is -2.39. The number of carbonyl (C=O) groups is 1. The highest BCUT2D eigenvalue weighted by Gasteiger charge is 2.53. The quantitative estimate of drug-likeness (QED) is 0.618. The van der Waals surface area contributed by atoms with Crippen LogP contribution in [0.25, 0.3) is 0 Å². The van der Waals surface area contributed by atoms with Crippen molar-refractivity contribution in [3.63, 3.8) is 0 Å². The third-order valence-electron chi connectivity index (χ3n) is 4.75. The van der Waals surface area contributed by atoms with Gasteiger partial charge in [-0.15, -0.1) is 0 Å². The summed E-state index contributed by atoms with van der Waals surface area (Å²) in [5.41, 5.74) is 0.559. The first kappa shape index (κ1) is 13.6. The molecule has 3 nitrogen and oxygen atoms in total. The van der Waals surface area contributed by atoms with E-state index >= 15 is 0 Å². The van der Waals surface area contributed by atoms with Gasteiger partial charge in [-0.3, -0.25) is 0 Å². The lowest BCUT2D eigenvalue weighted by Gasteiger charge is -2.22. The van der Waals surface area contributed by atoms with E-state index in [9.17, 15) is 4.79 Å². The van der Waals surface area contributed by atoms with E-state index in [1.165, 1.54) is 5.56 Å². The summed E-state index contributed by atoms with van der Waals surface area (Å²) in [6.07, 6.45) is 4.94. The van der Waals surface area contributed by atoms with Crippen LogP contribution in [-0.4, -0.2) is 17.7 Å². The van der Waals surface area contributed by atoms with Crippen LogP contribution in [0.3, 0.4) is 0 Å². The maximum absolute atomic E-state index is 12.4. The van der Waals surface area contributed by atoms with Crippen LogP contribution in [0.1, 0.15) is 57.4 Å². The van der Waals surface area contributed by atoms with Gasteiger partial charge < -0.3 is 9.47 Å². The van der Waals surface area contributed by atoms with E-state index in [1.54, 1.807) is 0 Å². The van der Waals surface area contributed by atoms with Crippen molar-refractivity contribution >= 4 is 5.97 Å². The van der Waals surface area contributed by atoms with Gasteiger partial charge >= 0.3 is 5.97 Å². The molecular weight excluding hydrogens is 252 g/mol. The minimum Gasteiger partial charge on any atom is -0.424 e. The summed E-state index contributed by atoms with van der Waals surface area (Å²) >= 11 is 0. The van der Waals surface area contributed by atoms with E-state index < -0.39 is 5.60 Å². The molecule has 3 rings (SSSR count). The number of carbonyl (C=O) groups excluding carboxylic acids is 1. The minimum atomic E-state index is -0.656. The van der Waals surface area contributed by atoms with Crippen LogP contribution in [0, 0.1) is 0 Å². The zero-order valence-corrected chi connectivity index (χ0v) is 12.2. The van der Waals surface area contributed by atoms with E-state index in [2.05, 4.69) is 19.9 Å². The van der Waals surface area contributed by atoms with Crippen molar-refractivity contribution in [3.8, 4) is 5.75 Å². The van der Waals surface area contributed by atoms with Crippen molar-refractivity contribution in [2.75, 3.05) is 0 Å². The number of rotatable bonds is 4. The van der Waals surface area contributed by atoms with Gasteiger partial charge in [0, 0.05) is 0 Å². The molecule has 20 heavy (non-hydrogen) atoms. The molecule has 0 N–H and O–H groups in total. The zero-order valence-electron chi connectivity index (χ0n) is 12.2. The molecule has 1 aromatic carbocycles. The van der Waals surface area contributed by atoms with Crippen LogP contribution >= 0.6 is 0 Å². The Morgan fingerprint density at radius 3 is 2.80 bits per heavy atom. The molecule has 1 aromatic rings. The second-order valence-corrected chi connectivity index (χ2v) is 6.08. The molecule has 2 aliphatic heterocycles. The SMILES string of the molecule is CCC(C)c1cccc(OC(=O)C23CCC(CC2)O3)c1. The van der Waals surface area contributed by atoms with E-state index in [0.717, 1.165) is 32.1 Å². The Kier molecular flexibility index (Phi) is 3.55. The maximum Gasteiger partial charge on any atom is 0.343 e. The van der Waals surface area contributed by atoms with E-state index in [1.807, 2.05) is 18.2 Å². The molecule has 1 atom stereocenters. The molecule has 1 unspecified atom stereocenters. The van der Waals surface area contributed by atoms with Crippen LogP contribution < -0.4 is 4.74 Å². The molecule has 0 aliphatic carbocycles. The van der Waals surface area contributed by atoms with Crippen LogP contribution in [0.15, 0.2) is 24.3 Å². The van der Waals surface area contributed by atoms with Gasteiger partial charge in [0.2, 0.25) is 0 Å². The number of benzene rings is 1. The van der Waals surface area contributed by atoms with Crippen molar-refractivity contribution in [1.82, 2.24) is 0 Å². The third kappa shape index (κ3) is 2.35. The summed E-state index contributed by atoms with van der Waals surface area (Å²) in [5.74, 6) is 0.908. The lowest BCUT2D eigenvalue weighted by atomic mass is 9.89. The molecule has 3 heteroatoms. The molecule has 0 radical (unpaired) electrons. The molecule has 2 aliphatic rings. The molecule has 2 bridgehead atoms. The van der Waals surface area contributed by atoms with Crippen molar-refractivity contribution in [2.24, 2.45) is 0 Å². The fraction of sp³-hybridized carbons (Fsp3) is 0.588. The highest BCUT2D eigenvalue weighted by molar-refractivity contribution is 5.82. The van der Waals surface area contributed by atoms with E-state index in [0.29, 0.717) is 11.7 Å². The van der Waals surface area contributed by atoms with Crippen molar-refractivity contribution in [3.05, 3.63) is 29.8 Å². The van der Waals surface area contributed by atoms with Gasteiger partial charge in [-0.1, -0.05) is 26.0 Å². The largest absolute Gasteiger partial charge is 0.424 e. The highest BCUT2D eigenvalue weighted by atomic mass is 16.6. The third-order valence-corrected chi connectivity index (χ3v) is 4.75. The fourth-order valence-electron chi connectivity index (χ4n) is 3.18. The van der Waals surface area contributed by atoms with Gasteiger partial charge in [0.05, 0.1) is 6.10 Å². The highest BCUT2D eigenvalue weighted by Crippen LogP contribution is 2.44.